The van der Waals surface area contributed by atoms with Crippen molar-refractivity contribution in [3.8, 4) is 0 Å². The summed E-state index contributed by atoms with van der Waals surface area (Å²) in [4.78, 5) is 19.1. The molecule has 0 N–H and O–H groups in total. The van der Waals surface area contributed by atoms with E-state index in [1.165, 1.54) is 0 Å². The Morgan fingerprint density at radius 2 is 1.93 bits per heavy atom. The van der Waals surface area contributed by atoms with Gasteiger partial charge in [0.2, 0.25) is 5.82 Å². The highest BCUT2D eigenvalue weighted by Crippen LogP contribution is 2.21. The molecular weight excluding hydrogens is 200 g/mol. The molecule has 0 aromatic heterocycles. The van der Waals surface area contributed by atoms with Crippen LogP contribution in [0.5, 0.6) is 0 Å². The minimum absolute atomic E-state index is 0.293. The molecule has 14 heavy (non-hydrogen) atoms. The summed E-state index contributed by atoms with van der Waals surface area (Å²) in [6.45, 7) is 0. The number of aromatic carboxylic acids is 1. The molecule has 74 valence electrons. The molecule has 7 heteroatoms. The molecule has 0 saturated carbocycles. The van der Waals surface area contributed by atoms with Crippen LogP contribution < -0.4 is 5.11 Å². The molecule has 1 aromatic carbocycles. The molecule has 0 atom stereocenters. The van der Waals surface area contributed by atoms with Gasteiger partial charge in [-0.25, -0.2) is 4.39 Å². The largest absolute Gasteiger partial charge is 0.545 e. The van der Waals surface area contributed by atoms with Crippen molar-refractivity contribution >= 4 is 11.7 Å². The zero-order valence-corrected chi connectivity index (χ0v) is 6.49. The number of hydrogen-bond donors (Lipinski definition) is 0. The van der Waals surface area contributed by atoms with Crippen molar-refractivity contribution in [1.82, 2.24) is 0 Å². The molecule has 0 spiro atoms. The van der Waals surface area contributed by atoms with Crippen molar-refractivity contribution in [2.45, 2.75) is 0 Å². The fourth-order valence-electron chi connectivity index (χ4n) is 0.856. The Morgan fingerprint density at radius 3 is 2.36 bits per heavy atom. The summed E-state index contributed by atoms with van der Waals surface area (Å²) >= 11 is 0. The fraction of sp³-hybridized carbons (Fsp3) is 0. The number of carbonyl (C=O) groups is 1. The standard InChI is InChI=1S/C7H3F2NO4/c8-3-1-4(7(11)12)6(9)5(2-3)10(13)14/h1-2H,(H,11,12)/p-1. The highest BCUT2D eigenvalue weighted by atomic mass is 19.1. The van der Waals surface area contributed by atoms with Crippen molar-refractivity contribution in [1.29, 1.82) is 0 Å². The van der Waals surface area contributed by atoms with Crippen molar-refractivity contribution in [2.75, 3.05) is 0 Å². The first-order valence-electron chi connectivity index (χ1n) is 3.28. The van der Waals surface area contributed by atoms with E-state index in [9.17, 15) is 28.8 Å². The quantitative estimate of drug-likeness (QED) is 0.507. The van der Waals surface area contributed by atoms with Crippen LogP contribution in [0.15, 0.2) is 12.1 Å². The van der Waals surface area contributed by atoms with Crippen molar-refractivity contribution in [2.24, 2.45) is 0 Å². The van der Waals surface area contributed by atoms with E-state index in [0.717, 1.165) is 0 Å². The zero-order chi connectivity index (χ0) is 10.9. The van der Waals surface area contributed by atoms with Crippen LogP contribution in [0.25, 0.3) is 0 Å². The lowest BCUT2D eigenvalue weighted by Gasteiger charge is -2.03. The van der Waals surface area contributed by atoms with Crippen LogP contribution >= 0.6 is 0 Å². The number of carboxylic acids is 1. The number of halogens is 2. The van der Waals surface area contributed by atoms with Gasteiger partial charge in [0.1, 0.15) is 5.82 Å². The van der Waals surface area contributed by atoms with Crippen LogP contribution in [0.4, 0.5) is 14.5 Å². The van der Waals surface area contributed by atoms with E-state index >= 15 is 0 Å². The Bertz CT molecular complexity index is 383. The summed E-state index contributed by atoms with van der Waals surface area (Å²) in [5.74, 6) is -4.83. The van der Waals surface area contributed by atoms with E-state index in [4.69, 9.17) is 0 Å². The predicted octanol–water partition coefficient (Wildman–Crippen LogP) is 0.236. The minimum atomic E-state index is -2.01. The Kier molecular flexibility index (Phi) is 2.41. The molecule has 0 bridgehead atoms. The lowest BCUT2D eigenvalue weighted by Crippen LogP contribution is -2.24. The normalized spacial score (nSPS) is 9.86. The molecule has 0 amide bonds. The van der Waals surface area contributed by atoms with Crippen molar-refractivity contribution in [3.05, 3.63) is 39.4 Å². The number of carbonyl (C=O) groups excluding carboxylic acids is 1. The third-order valence-corrected chi connectivity index (χ3v) is 1.43. The Morgan fingerprint density at radius 1 is 1.36 bits per heavy atom. The molecule has 0 aliphatic rings. The van der Waals surface area contributed by atoms with Crippen molar-refractivity contribution in [3.63, 3.8) is 0 Å². The van der Waals surface area contributed by atoms with E-state index in [0.29, 0.717) is 12.1 Å². The predicted molar refractivity (Wildman–Crippen MR) is 37.3 cm³/mol. The monoisotopic (exact) mass is 202 g/mol. The van der Waals surface area contributed by atoms with Crippen LogP contribution in [-0.2, 0) is 0 Å². The fourth-order valence-corrected chi connectivity index (χ4v) is 0.856. The van der Waals surface area contributed by atoms with E-state index < -0.39 is 33.8 Å². The number of nitro groups is 1. The van der Waals surface area contributed by atoms with Gasteiger partial charge in [0.15, 0.2) is 0 Å². The first-order chi connectivity index (χ1) is 6.43. The highest BCUT2D eigenvalue weighted by Gasteiger charge is 2.20. The average Bonchev–Trinajstić information content (AvgIpc) is 2.07. The van der Waals surface area contributed by atoms with E-state index in [2.05, 4.69) is 0 Å². The maximum atomic E-state index is 12.9. The van der Waals surface area contributed by atoms with Gasteiger partial charge in [-0.2, -0.15) is 4.39 Å². The summed E-state index contributed by atoms with van der Waals surface area (Å²) in [7, 11) is 0. The van der Waals surface area contributed by atoms with Crippen molar-refractivity contribution < 1.29 is 23.6 Å². The number of nitrogens with zero attached hydrogens (tertiary/aromatic N) is 1. The van der Waals surface area contributed by atoms with Crippen LogP contribution in [0.2, 0.25) is 0 Å². The van der Waals surface area contributed by atoms with Gasteiger partial charge in [-0.1, -0.05) is 0 Å². The molecule has 1 rings (SSSR count). The molecule has 5 nitrogen and oxygen atoms in total. The van der Waals surface area contributed by atoms with Gasteiger partial charge in [-0.3, -0.25) is 10.1 Å². The van der Waals surface area contributed by atoms with E-state index in [1.807, 2.05) is 0 Å². The Balaban J connectivity index is 3.47. The van der Waals surface area contributed by atoms with Gasteiger partial charge in [-0.15, -0.1) is 0 Å². The summed E-state index contributed by atoms with van der Waals surface area (Å²) in [5.41, 5.74) is -2.40. The molecule has 0 fully saturated rings. The number of carboxylic acid groups (broad SMARTS) is 1. The molecule has 0 aliphatic carbocycles. The Hall–Kier alpha value is -2.05. The maximum Gasteiger partial charge on any atom is 0.308 e. The van der Waals surface area contributed by atoms with Gasteiger partial charge in [0.05, 0.1) is 17.0 Å². The summed E-state index contributed by atoms with van der Waals surface area (Å²) in [6.07, 6.45) is 0. The van der Waals surface area contributed by atoms with Gasteiger partial charge < -0.3 is 9.90 Å². The van der Waals surface area contributed by atoms with Gasteiger partial charge >= 0.3 is 5.69 Å². The molecule has 0 heterocycles. The SMILES string of the molecule is O=C([O-])c1cc(F)cc([N+](=O)[O-])c1F. The summed E-state index contributed by atoms with van der Waals surface area (Å²) < 4.78 is 25.5. The topological polar surface area (TPSA) is 83.3 Å². The second-order valence-electron chi connectivity index (χ2n) is 2.33. The van der Waals surface area contributed by atoms with Crippen LogP contribution in [0, 0.1) is 21.7 Å². The van der Waals surface area contributed by atoms with Crippen LogP contribution in [-0.4, -0.2) is 10.9 Å². The van der Waals surface area contributed by atoms with Crippen LogP contribution in [0.1, 0.15) is 10.4 Å². The second-order valence-corrected chi connectivity index (χ2v) is 2.33. The number of rotatable bonds is 2. The lowest BCUT2D eigenvalue weighted by molar-refractivity contribution is -0.387. The zero-order valence-electron chi connectivity index (χ0n) is 6.49. The lowest BCUT2D eigenvalue weighted by atomic mass is 10.2. The minimum Gasteiger partial charge on any atom is -0.545 e. The highest BCUT2D eigenvalue weighted by molar-refractivity contribution is 5.87. The van der Waals surface area contributed by atoms with E-state index in [-0.39, 0.29) is 0 Å². The first kappa shape index (κ1) is 10.0. The number of benzene rings is 1. The smallest absolute Gasteiger partial charge is 0.308 e. The second kappa shape index (κ2) is 3.36. The van der Waals surface area contributed by atoms with Gasteiger partial charge in [0, 0.05) is 5.56 Å². The third kappa shape index (κ3) is 1.65. The molecule has 0 unspecified atom stereocenters. The first-order valence-corrected chi connectivity index (χ1v) is 3.28. The molecular formula is C7H2F2NO4-. The number of nitro benzene ring substituents is 1. The number of hydrogen-bond acceptors (Lipinski definition) is 4. The Labute approximate surface area is 75.7 Å². The molecule has 1 aromatic rings. The molecule has 0 radical (unpaired) electrons. The van der Waals surface area contributed by atoms with Crippen LogP contribution in [0.3, 0.4) is 0 Å². The summed E-state index contributed by atoms with van der Waals surface area (Å²) in [5, 5.41) is 20.3. The molecule has 0 aliphatic heterocycles. The van der Waals surface area contributed by atoms with E-state index in [1.54, 1.807) is 0 Å². The molecule has 0 saturated heterocycles. The third-order valence-electron chi connectivity index (χ3n) is 1.43. The van der Waals surface area contributed by atoms with Gasteiger partial charge in [0.25, 0.3) is 0 Å². The average molecular weight is 202 g/mol. The maximum absolute atomic E-state index is 12.9. The van der Waals surface area contributed by atoms with Gasteiger partial charge in [-0.05, 0) is 6.07 Å². The summed E-state index contributed by atoms with van der Waals surface area (Å²) in [6, 6.07) is 0.611.